The van der Waals surface area contributed by atoms with Crippen LogP contribution in [0.5, 0.6) is 5.75 Å². The standard InChI is InChI=1S/C28H33FN2O7/c1-6-11(2)31-9-15-16(10-31)23(33)20-14(21(15)29)7-13-8-17-22(30(4)5)25(35)18(12(3)32)26(36)28(17,38)27(37)19(13)24(20)34/h11,13,17,22,33,35,37-38H,6-10H2,1-5H3/t11-,13-,17-,22-,28+/m0/s1. The summed E-state index contributed by atoms with van der Waals surface area (Å²) in [6.45, 7) is 5.65. The minimum atomic E-state index is -2.64. The molecule has 0 saturated heterocycles. The number of hydrogen-bond donors (Lipinski definition) is 4. The summed E-state index contributed by atoms with van der Waals surface area (Å²) in [5, 5.41) is 45.2. The van der Waals surface area contributed by atoms with Crippen LogP contribution in [0.1, 0.15) is 60.7 Å². The lowest BCUT2D eigenvalue weighted by Gasteiger charge is -2.50. The summed E-state index contributed by atoms with van der Waals surface area (Å²) in [6, 6.07) is -0.885. The molecule has 0 radical (unpaired) electrons. The molecule has 5 rings (SSSR count). The van der Waals surface area contributed by atoms with E-state index in [-0.39, 0.29) is 47.9 Å². The number of nitrogens with zero attached hydrogens (tertiary/aromatic N) is 2. The van der Waals surface area contributed by atoms with Crippen LogP contribution in [0.25, 0.3) is 0 Å². The van der Waals surface area contributed by atoms with Crippen LogP contribution in [0.3, 0.4) is 0 Å². The molecular weight excluding hydrogens is 495 g/mol. The number of rotatable bonds is 4. The highest BCUT2D eigenvalue weighted by Gasteiger charge is 2.63. The Kier molecular flexibility index (Phi) is 6.09. The van der Waals surface area contributed by atoms with Crippen molar-refractivity contribution in [3.63, 3.8) is 0 Å². The van der Waals surface area contributed by atoms with Crippen molar-refractivity contribution >= 4 is 17.3 Å². The van der Waals surface area contributed by atoms with Crippen LogP contribution in [-0.4, -0.2) is 79.4 Å². The summed E-state index contributed by atoms with van der Waals surface area (Å²) in [4.78, 5) is 43.1. The number of benzene rings is 1. The molecule has 9 nitrogen and oxygen atoms in total. The molecule has 0 unspecified atom stereocenters. The molecule has 4 aliphatic rings. The summed E-state index contributed by atoms with van der Waals surface area (Å²) < 4.78 is 15.9. The van der Waals surface area contributed by atoms with E-state index in [1.807, 2.05) is 18.7 Å². The van der Waals surface area contributed by atoms with Crippen molar-refractivity contribution < 1.29 is 39.2 Å². The first-order chi connectivity index (χ1) is 17.8. The van der Waals surface area contributed by atoms with E-state index in [1.165, 1.54) is 4.90 Å². The van der Waals surface area contributed by atoms with Crippen LogP contribution in [0.4, 0.5) is 4.39 Å². The zero-order valence-corrected chi connectivity index (χ0v) is 22.1. The van der Waals surface area contributed by atoms with E-state index < -0.39 is 63.7 Å². The number of ketones is 3. The van der Waals surface area contributed by atoms with Crippen LogP contribution in [0.15, 0.2) is 22.7 Å². The Labute approximate surface area is 219 Å². The summed E-state index contributed by atoms with van der Waals surface area (Å²) in [5.41, 5.74) is -3.06. The predicted octanol–water partition coefficient (Wildman–Crippen LogP) is 2.48. The van der Waals surface area contributed by atoms with Gasteiger partial charge in [0, 0.05) is 47.3 Å². The molecule has 1 aromatic rings. The fourth-order valence-corrected chi connectivity index (χ4v) is 6.92. The van der Waals surface area contributed by atoms with Gasteiger partial charge in [0.05, 0.1) is 11.6 Å². The highest BCUT2D eigenvalue weighted by Crippen LogP contribution is 2.53. The van der Waals surface area contributed by atoms with Crippen molar-refractivity contribution in [3.8, 4) is 5.75 Å². The Hall–Kier alpha value is -3.08. The van der Waals surface area contributed by atoms with Crippen molar-refractivity contribution in [2.45, 2.75) is 70.8 Å². The number of Topliss-reactive ketones (excluding diaryl/α,β-unsaturated/α-hetero) is 3. The van der Waals surface area contributed by atoms with Crippen LogP contribution >= 0.6 is 0 Å². The largest absolute Gasteiger partial charge is 0.510 e. The van der Waals surface area contributed by atoms with Gasteiger partial charge < -0.3 is 20.4 Å². The van der Waals surface area contributed by atoms with Crippen molar-refractivity contribution in [1.29, 1.82) is 0 Å². The van der Waals surface area contributed by atoms with E-state index in [2.05, 4.69) is 0 Å². The lowest BCUT2D eigenvalue weighted by Crippen LogP contribution is -2.63. The average Bonchev–Trinajstić information content (AvgIpc) is 3.30. The Balaban J connectivity index is 1.68. The van der Waals surface area contributed by atoms with Gasteiger partial charge >= 0.3 is 0 Å². The molecule has 0 saturated carbocycles. The fraction of sp³-hybridized carbons (Fsp3) is 0.536. The monoisotopic (exact) mass is 528 g/mol. The predicted molar refractivity (Wildman–Crippen MR) is 134 cm³/mol. The molecule has 204 valence electrons. The molecule has 1 aromatic carbocycles. The third kappa shape index (κ3) is 3.29. The highest BCUT2D eigenvalue weighted by atomic mass is 19.1. The van der Waals surface area contributed by atoms with Crippen molar-refractivity contribution in [1.82, 2.24) is 9.80 Å². The Morgan fingerprint density at radius 2 is 1.79 bits per heavy atom. The molecule has 0 bridgehead atoms. The smallest absolute Gasteiger partial charge is 0.209 e. The van der Waals surface area contributed by atoms with Gasteiger partial charge in [-0.3, -0.25) is 24.2 Å². The third-order valence-corrected chi connectivity index (χ3v) is 9.08. The normalized spacial score (nSPS) is 29.8. The third-order valence-electron chi connectivity index (χ3n) is 9.08. The Bertz CT molecular complexity index is 1360. The fourth-order valence-electron chi connectivity index (χ4n) is 6.92. The van der Waals surface area contributed by atoms with E-state index in [0.29, 0.717) is 17.7 Å². The summed E-state index contributed by atoms with van der Waals surface area (Å²) >= 11 is 0. The van der Waals surface area contributed by atoms with E-state index in [0.717, 1.165) is 13.3 Å². The van der Waals surface area contributed by atoms with Gasteiger partial charge in [-0.2, -0.15) is 0 Å². The van der Waals surface area contributed by atoms with Gasteiger partial charge in [-0.25, -0.2) is 4.39 Å². The van der Waals surface area contributed by atoms with E-state index >= 15 is 4.39 Å². The summed E-state index contributed by atoms with van der Waals surface area (Å²) in [6.07, 6.45) is 0.741. The maximum atomic E-state index is 15.9. The molecule has 1 heterocycles. The second kappa shape index (κ2) is 8.72. The number of aliphatic hydroxyl groups excluding tert-OH is 2. The molecule has 4 N–H and O–H groups in total. The Morgan fingerprint density at radius 3 is 2.37 bits per heavy atom. The SMILES string of the molecule is CC[C@H](C)N1Cc2c(O)c3c(c(F)c2C1)C[C@H]1C[C@H]2[C@H](N(C)C)C(O)=C(C(C)=O)C(=O)[C@@]2(O)C(O)=C1C3=O. The van der Waals surface area contributed by atoms with Gasteiger partial charge in [-0.05, 0) is 53.1 Å². The summed E-state index contributed by atoms with van der Waals surface area (Å²) in [7, 11) is 3.19. The van der Waals surface area contributed by atoms with Crippen molar-refractivity contribution in [2.75, 3.05) is 14.1 Å². The number of aliphatic hydroxyl groups is 3. The minimum Gasteiger partial charge on any atom is -0.510 e. The molecule has 3 aliphatic carbocycles. The van der Waals surface area contributed by atoms with Crippen LogP contribution in [-0.2, 0) is 29.1 Å². The first-order valence-corrected chi connectivity index (χ1v) is 12.9. The van der Waals surface area contributed by atoms with Crippen molar-refractivity contribution in [2.24, 2.45) is 11.8 Å². The number of allylic oxidation sites excluding steroid dienone is 1. The zero-order valence-electron chi connectivity index (χ0n) is 22.1. The van der Waals surface area contributed by atoms with Crippen LogP contribution in [0, 0.1) is 17.7 Å². The van der Waals surface area contributed by atoms with Crippen LogP contribution in [0.2, 0.25) is 0 Å². The van der Waals surface area contributed by atoms with Gasteiger partial charge in [0.1, 0.15) is 28.7 Å². The highest BCUT2D eigenvalue weighted by molar-refractivity contribution is 6.25. The quantitative estimate of drug-likeness (QED) is 0.434. The molecular formula is C28H33FN2O7. The number of halogens is 1. The van der Waals surface area contributed by atoms with E-state index in [1.54, 1.807) is 14.1 Å². The molecule has 0 fully saturated rings. The molecule has 1 aliphatic heterocycles. The van der Waals surface area contributed by atoms with Gasteiger partial charge in [0.15, 0.2) is 17.2 Å². The lowest BCUT2D eigenvalue weighted by atomic mass is 9.58. The second-order valence-electron chi connectivity index (χ2n) is 11.3. The average molecular weight is 529 g/mol. The second-order valence-corrected chi connectivity index (χ2v) is 11.3. The molecule has 10 heteroatoms. The zero-order chi connectivity index (χ0) is 28.0. The maximum absolute atomic E-state index is 15.9. The minimum absolute atomic E-state index is 0.0402. The first-order valence-electron chi connectivity index (χ1n) is 12.9. The Morgan fingerprint density at radius 1 is 1.16 bits per heavy atom. The number of phenols is 1. The van der Waals surface area contributed by atoms with Gasteiger partial charge in [-0.1, -0.05) is 6.92 Å². The summed E-state index contributed by atoms with van der Waals surface area (Å²) in [5.74, 6) is -7.01. The number of carbonyl (C=O) groups is 3. The topological polar surface area (TPSA) is 139 Å². The number of hydrogen-bond acceptors (Lipinski definition) is 9. The number of fused-ring (bicyclic) bond motifs is 4. The molecule has 0 spiro atoms. The van der Waals surface area contributed by atoms with Crippen molar-refractivity contribution in [3.05, 3.63) is 50.7 Å². The van der Waals surface area contributed by atoms with Gasteiger partial charge in [-0.15, -0.1) is 0 Å². The lowest BCUT2D eigenvalue weighted by molar-refractivity contribution is -0.148. The number of likely N-dealkylation sites (N-methyl/N-ethyl adjacent to an activating group) is 1. The number of aromatic hydroxyl groups is 1. The molecule has 5 atom stereocenters. The first kappa shape index (κ1) is 26.5. The number of phenolic OH excluding ortho intramolecular Hbond substituents is 1. The maximum Gasteiger partial charge on any atom is 0.209 e. The van der Waals surface area contributed by atoms with Gasteiger partial charge in [0.25, 0.3) is 0 Å². The van der Waals surface area contributed by atoms with Crippen LogP contribution < -0.4 is 0 Å². The van der Waals surface area contributed by atoms with E-state index in [4.69, 9.17) is 0 Å². The number of carbonyl (C=O) groups excluding carboxylic acids is 3. The molecule has 0 aromatic heterocycles. The molecule has 0 amide bonds. The van der Waals surface area contributed by atoms with Gasteiger partial charge in [0.2, 0.25) is 5.78 Å². The van der Waals surface area contributed by atoms with E-state index in [9.17, 15) is 34.8 Å². The molecule has 38 heavy (non-hydrogen) atoms.